The normalized spacial score (nSPS) is 11.1. The van der Waals surface area contributed by atoms with Crippen LogP contribution >= 0.6 is 15.9 Å². The van der Waals surface area contributed by atoms with E-state index < -0.39 is 18.3 Å². The van der Waals surface area contributed by atoms with E-state index >= 15 is 0 Å². The lowest BCUT2D eigenvalue weighted by Gasteiger charge is -2.14. The molecule has 200 valence electrons. The average molecular weight is 601 g/mol. The van der Waals surface area contributed by atoms with E-state index in [2.05, 4.69) is 26.3 Å². The van der Waals surface area contributed by atoms with Crippen molar-refractivity contribution in [2.45, 2.75) is 0 Å². The molecule has 0 radical (unpaired) electrons. The Labute approximate surface area is 236 Å². The molecule has 0 atom stereocenters. The Morgan fingerprint density at radius 1 is 1.05 bits per heavy atom. The van der Waals surface area contributed by atoms with Crippen molar-refractivity contribution < 1.29 is 18.7 Å². The molecule has 1 N–H and O–H groups in total. The molecule has 40 heavy (non-hydrogen) atoms. The Balaban J connectivity index is 1.52. The van der Waals surface area contributed by atoms with Gasteiger partial charge in [0.15, 0.2) is 23.9 Å². The number of anilines is 1. The van der Waals surface area contributed by atoms with E-state index in [1.165, 1.54) is 36.2 Å². The van der Waals surface area contributed by atoms with Crippen LogP contribution in [0.5, 0.6) is 11.5 Å². The molecule has 0 aliphatic heterocycles. The summed E-state index contributed by atoms with van der Waals surface area (Å²) in [5.41, 5.74) is 1.36. The molecule has 0 saturated heterocycles. The van der Waals surface area contributed by atoms with Crippen LogP contribution in [0.3, 0.4) is 0 Å². The third kappa shape index (κ3) is 5.76. The number of nitrogens with zero attached hydrogens (tertiary/aromatic N) is 3. The predicted octanol–water partition coefficient (Wildman–Crippen LogP) is 5.87. The van der Waals surface area contributed by atoms with Crippen LogP contribution in [0.15, 0.2) is 105 Å². The summed E-state index contributed by atoms with van der Waals surface area (Å²) < 4.78 is 27.1. The van der Waals surface area contributed by atoms with Crippen molar-refractivity contribution in [2.24, 2.45) is 5.10 Å². The molecule has 1 heterocycles. The number of aromatic nitrogens is 2. The maximum absolute atomic E-state index is 14.0. The van der Waals surface area contributed by atoms with Gasteiger partial charge in [0.25, 0.3) is 11.5 Å². The number of benzene rings is 4. The maximum Gasteiger partial charge on any atom is 0.282 e. The molecule has 0 spiro atoms. The molecule has 0 unspecified atom stereocenters. The quantitative estimate of drug-likeness (QED) is 0.225. The second-order valence-corrected chi connectivity index (χ2v) is 9.44. The summed E-state index contributed by atoms with van der Waals surface area (Å²) in [5.74, 6) is -0.245. The summed E-state index contributed by atoms with van der Waals surface area (Å²) in [7, 11) is 1.46. The molecule has 0 bridgehead atoms. The van der Waals surface area contributed by atoms with Gasteiger partial charge in [0.2, 0.25) is 0 Å². The fourth-order valence-electron chi connectivity index (χ4n) is 4.00. The number of hydrogen-bond acceptors (Lipinski definition) is 6. The Morgan fingerprint density at radius 2 is 1.77 bits per heavy atom. The third-order valence-electron chi connectivity index (χ3n) is 5.86. The first-order valence-electron chi connectivity index (χ1n) is 12.1. The first-order valence-corrected chi connectivity index (χ1v) is 12.9. The van der Waals surface area contributed by atoms with Gasteiger partial charge in [0.1, 0.15) is 5.82 Å². The minimum absolute atomic E-state index is 0.0391. The van der Waals surface area contributed by atoms with E-state index in [0.717, 1.165) is 0 Å². The van der Waals surface area contributed by atoms with Gasteiger partial charge < -0.3 is 14.8 Å². The van der Waals surface area contributed by atoms with E-state index in [-0.39, 0.29) is 17.0 Å². The number of para-hydroxylation sites is 2. The monoisotopic (exact) mass is 600 g/mol. The Morgan fingerprint density at radius 3 is 2.55 bits per heavy atom. The molecule has 5 aromatic rings. The van der Waals surface area contributed by atoms with Gasteiger partial charge in [0, 0.05) is 15.6 Å². The van der Waals surface area contributed by atoms with Crippen molar-refractivity contribution in [3.8, 4) is 22.9 Å². The lowest BCUT2D eigenvalue weighted by atomic mass is 10.2. The number of amides is 1. The SMILES string of the molecule is COc1cc(Br)cc(C=Nn2c(-c3ccccc3)nc3ccccc3c2=O)c1OCC(=O)Nc1ccccc1F. The van der Waals surface area contributed by atoms with Crippen molar-refractivity contribution in [2.75, 3.05) is 19.0 Å². The summed E-state index contributed by atoms with van der Waals surface area (Å²) in [6.07, 6.45) is 1.43. The molecule has 0 saturated carbocycles. The highest BCUT2D eigenvalue weighted by Gasteiger charge is 2.16. The van der Waals surface area contributed by atoms with E-state index in [1.807, 2.05) is 36.4 Å². The zero-order chi connectivity index (χ0) is 28.1. The average Bonchev–Trinajstić information content (AvgIpc) is 2.97. The van der Waals surface area contributed by atoms with Crippen molar-refractivity contribution in [1.82, 2.24) is 9.66 Å². The molecule has 4 aromatic carbocycles. The fraction of sp³-hybridized carbons (Fsp3) is 0.0667. The van der Waals surface area contributed by atoms with Gasteiger partial charge >= 0.3 is 0 Å². The minimum Gasteiger partial charge on any atom is -0.493 e. The van der Waals surface area contributed by atoms with Gasteiger partial charge in [-0.05, 0) is 36.4 Å². The molecule has 0 fully saturated rings. The van der Waals surface area contributed by atoms with E-state index in [0.29, 0.717) is 38.1 Å². The van der Waals surface area contributed by atoms with E-state index in [1.54, 1.807) is 36.4 Å². The van der Waals surface area contributed by atoms with Crippen LogP contribution in [-0.4, -0.2) is 35.5 Å². The number of hydrogen-bond donors (Lipinski definition) is 1. The highest BCUT2D eigenvalue weighted by atomic mass is 79.9. The smallest absolute Gasteiger partial charge is 0.282 e. The molecule has 8 nitrogen and oxygen atoms in total. The summed E-state index contributed by atoms with van der Waals surface area (Å²) in [6, 6.07) is 25.5. The molecule has 1 amide bonds. The van der Waals surface area contributed by atoms with Gasteiger partial charge in [-0.2, -0.15) is 9.78 Å². The molecule has 10 heteroatoms. The van der Waals surface area contributed by atoms with Crippen LogP contribution in [-0.2, 0) is 4.79 Å². The highest BCUT2D eigenvalue weighted by molar-refractivity contribution is 9.10. The standard InChI is InChI=1S/C30H22BrFN4O4/c1-39-26-16-21(31)15-20(28(26)40-18-27(37)34-25-14-8-6-12-23(25)32)17-33-36-29(19-9-3-2-4-10-19)35-24-13-7-5-11-22(24)30(36)38/h2-17H,18H2,1H3,(H,34,37). The number of carbonyl (C=O) groups is 1. The van der Waals surface area contributed by atoms with Crippen molar-refractivity contribution >= 4 is 44.6 Å². The lowest BCUT2D eigenvalue weighted by Crippen LogP contribution is -2.22. The second kappa shape index (κ2) is 11.9. The molecule has 0 aliphatic carbocycles. The summed E-state index contributed by atoms with van der Waals surface area (Å²) in [6.45, 7) is -0.431. The van der Waals surface area contributed by atoms with Crippen molar-refractivity contribution in [3.63, 3.8) is 0 Å². The molecule has 5 rings (SSSR count). The summed E-state index contributed by atoms with van der Waals surface area (Å²) in [4.78, 5) is 30.7. The summed E-state index contributed by atoms with van der Waals surface area (Å²) >= 11 is 3.45. The largest absolute Gasteiger partial charge is 0.493 e. The number of methoxy groups -OCH3 is 1. The number of halogens is 2. The van der Waals surface area contributed by atoms with Crippen LogP contribution in [0.2, 0.25) is 0 Å². The number of nitrogens with one attached hydrogen (secondary N) is 1. The van der Waals surface area contributed by atoms with Crippen molar-refractivity contribution in [3.05, 3.63) is 117 Å². The molecular weight excluding hydrogens is 579 g/mol. The Hall–Kier alpha value is -4.83. The molecular formula is C30H22BrFN4O4. The first kappa shape index (κ1) is 26.8. The number of rotatable bonds is 8. The predicted molar refractivity (Wildman–Crippen MR) is 156 cm³/mol. The zero-order valence-corrected chi connectivity index (χ0v) is 22.8. The number of ether oxygens (including phenoxy) is 2. The minimum atomic E-state index is -0.570. The van der Waals surface area contributed by atoms with Crippen LogP contribution < -0.4 is 20.3 Å². The number of fused-ring (bicyclic) bond motifs is 1. The highest BCUT2D eigenvalue weighted by Crippen LogP contribution is 2.34. The van der Waals surface area contributed by atoms with Crippen LogP contribution in [0.4, 0.5) is 10.1 Å². The van der Waals surface area contributed by atoms with Crippen LogP contribution in [0.1, 0.15) is 5.56 Å². The molecule has 1 aromatic heterocycles. The fourth-order valence-corrected chi connectivity index (χ4v) is 4.46. The van der Waals surface area contributed by atoms with Gasteiger partial charge in [-0.25, -0.2) is 9.37 Å². The number of carbonyl (C=O) groups excluding carboxylic acids is 1. The topological polar surface area (TPSA) is 94.8 Å². The zero-order valence-electron chi connectivity index (χ0n) is 21.2. The van der Waals surface area contributed by atoms with Gasteiger partial charge in [-0.3, -0.25) is 9.59 Å². The maximum atomic E-state index is 14.0. The van der Waals surface area contributed by atoms with E-state index in [4.69, 9.17) is 14.5 Å². The van der Waals surface area contributed by atoms with Gasteiger partial charge in [0.05, 0.1) is 29.9 Å². The third-order valence-corrected chi connectivity index (χ3v) is 6.32. The van der Waals surface area contributed by atoms with Crippen LogP contribution in [0.25, 0.3) is 22.3 Å². The van der Waals surface area contributed by atoms with Gasteiger partial charge in [-0.1, -0.05) is 70.5 Å². The Kier molecular flexibility index (Phi) is 7.97. The Bertz CT molecular complexity index is 1790. The van der Waals surface area contributed by atoms with Crippen molar-refractivity contribution in [1.29, 1.82) is 0 Å². The lowest BCUT2D eigenvalue weighted by molar-refractivity contribution is -0.118. The second-order valence-electron chi connectivity index (χ2n) is 8.52. The summed E-state index contributed by atoms with van der Waals surface area (Å²) in [5, 5.41) is 7.39. The van der Waals surface area contributed by atoms with Gasteiger partial charge in [-0.15, -0.1) is 0 Å². The van der Waals surface area contributed by atoms with Crippen LogP contribution in [0, 0.1) is 5.82 Å². The molecule has 0 aliphatic rings. The first-order chi connectivity index (χ1) is 19.4. The van der Waals surface area contributed by atoms with E-state index in [9.17, 15) is 14.0 Å².